The average Bonchev–Trinajstić information content (AvgIpc) is 3.15. The van der Waals surface area contributed by atoms with Gasteiger partial charge in [-0.15, -0.1) is 0 Å². The number of aromatic nitrogens is 3. The zero-order valence-corrected chi connectivity index (χ0v) is 18.3. The molecule has 5 rings (SSSR count). The van der Waals surface area contributed by atoms with E-state index in [2.05, 4.69) is 27.0 Å². The van der Waals surface area contributed by atoms with E-state index < -0.39 is 0 Å². The van der Waals surface area contributed by atoms with Crippen molar-refractivity contribution in [1.29, 1.82) is 0 Å². The fourth-order valence-electron chi connectivity index (χ4n) is 5.04. The van der Waals surface area contributed by atoms with Crippen LogP contribution in [-0.2, 0) is 18.4 Å². The maximum absolute atomic E-state index is 12.8. The first-order valence-electron chi connectivity index (χ1n) is 11.1. The van der Waals surface area contributed by atoms with Gasteiger partial charge in [-0.1, -0.05) is 36.4 Å². The van der Waals surface area contributed by atoms with Gasteiger partial charge in [-0.25, -0.2) is 9.97 Å². The number of likely N-dealkylation sites (tertiary alicyclic amines) is 1. The molecule has 0 amide bonds. The maximum Gasteiger partial charge on any atom is 0.254 e. The summed E-state index contributed by atoms with van der Waals surface area (Å²) in [6.45, 7) is 2.95. The highest BCUT2D eigenvalue weighted by Crippen LogP contribution is 2.44. The van der Waals surface area contributed by atoms with Gasteiger partial charge in [0.15, 0.2) is 0 Å². The standard InChI is InChI=1S/C25H29N5O/c1-29(2)21-9-8-18(16-26-21)17-30-14-12-25(13-15-30)11-10-20-22(25)27-23(28-24(20)31)19-6-4-3-5-7-19/h3-9,16H,10-15,17H2,1-2H3,(H,27,28,31). The van der Waals surface area contributed by atoms with Gasteiger partial charge in [0.2, 0.25) is 0 Å². The first kappa shape index (κ1) is 19.9. The molecule has 6 nitrogen and oxygen atoms in total. The highest BCUT2D eigenvalue weighted by molar-refractivity contribution is 5.55. The molecule has 2 aliphatic rings. The summed E-state index contributed by atoms with van der Waals surface area (Å²) in [5.41, 5.74) is 4.24. The van der Waals surface area contributed by atoms with Crippen LogP contribution in [0.2, 0.25) is 0 Å². The van der Waals surface area contributed by atoms with Crippen molar-refractivity contribution < 1.29 is 0 Å². The van der Waals surface area contributed by atoms with Crippen molar-refractivity contribution in [1.82, 2.24) is 19.9 Å². The molecule has 1 spiro atoms. The van der Waals surface area contributed by atoms with Gasteiger partial charge in [0, 0.05) is 43.4 Å². The zero-order valence-electron chi connectivity index (χ0n) is 18.3. The molecule has 0 unspecified atom stereocenters. The van der Waals surface area contributed by atoms with Crippen LogP contribution < -0.4 is 10.5 Å². The zero-order chi connectivity index (χ0) is 21.4. The second-order valence-corrected chi connectivity index (χ2v) is 9.08. The van der Waals surface area contributed by atoms with Crippen LogP contribution in [0.5, 0.6) is 0 Å². The number of aromatic amines is 1. The number of rotatable bonds is 4. The van der Waals surface area contributed by atoms with Gasteiger partial charge in [0.1, 0.15) is 11.6 Å². The highest BCUT2D eigenvalue weighted by Gasteiger charge is 2.43. The molecule has 1 saturated heterocycles. The van der Waals surface area contributed by atoms with E-state index in [0.717, 1.165) is 68.0 Å². The van der Waals surface area contributed by atoms with Crippen molar-refractivity contribution in [2.75, 3.05) is 32.1 Å². The number of piperidine rings is 1. The third-order valence-electron chi connectivity index (χ3n) is 6.91. The normalized spacial score (nSPS) is 17.6. The number of pyridine rings is 1. The van der Waals surface area contributed by atoms with E-state index in [9.17, 15) is 4.79 Å². The van der Waals surface area contributed by atoms with E-state index >= 15 is 0 Å². The van der Waals surface area contributed by atoms with Crippen LogP contribution in [-0.4, -0.2) is 47.0 Å². The van der Waals surface area contributed by atoms with Gasteiger partial charge in [-0.3, -0.25) is 9.69 Å². The predicted octanol–water partition coefficient (Wildman–Crippen LogP) is 3.38. The molecule has 0 radical (unpaired) electrons. The molecule has 2 aromatic heterocycles. The number of nitrogens with one attached hydrogen (secondary N) is 1. The number of nitrogens with zero attached hydrogens (tertiary/aromatic N) is 4. The largest absolute Gasteiger partial charge is 0.363 e. The first-order valence-corrected chi connectivity index (χ1v) is 11.1. The molecule has 0 saturated carbocycles. The SMILES string of the molecule is CN(C)c1ccc(CN2CCC3(CCc4c3nc(-c3ccccc3)[nH]c4=O)CC2)cn1. The summed E-state index contributed by atoms with van der Waals surface area (Å²) in [7, 11) is 4.02. The Morgan fingerprint density at radius 1 is 1.06 bits per heavy atom. The minimum atomic E-state index is 0.0372. The van der Waals surface area contributed by atoms with Crippen LogP contribution >= 0.6 is 0 Å². The Kier molecular flexibility index (Phi) is 5.10. The third kappa shape index (κ3) is 3.76. The summed E-state index contributed by atoms with van der Waals surface area (Å²) in [4.78, 5) is 29.9. The summed E-state index contributed by atoms with van der Waals surface area (Å²) < 4.78 is 0. The van der Waals surface area contributed by atoms with Crippen LogP contribution in [0.25, 0.3) is 11.4 Å². The smallest absolute Gasteiger partial charge is 0.254 e. The molecule has 1 aliphatic carbocycles. The monoisotopic (exact) mass is 415 g/mol. The lowest BCUT2D eigenvalue weighted by Gasteiger charge is -2.39. The molecule has 0 bridgehead atoms. The number of benzene rings is 1. The Bertz CT molecular complexity index is 1110. The summed E-state index contributed by atoms with van der Waals surface area (Å²) in [6, 6.07) is 14.2. The lowest BCUT2D eigenvalue weighted by Crippen LogP contribution is -2.41. The van der Waals surface area contributed by atoms with Crippen LogP contribution in [0.1, 0.15) is 36.1 Å². The Morgan fingerprint density at radius 2 is 1.84 bits per heavy atom. The highest BCUT2D eigenvalue weighted by atomic mass is 16.1. The minimum Gasteiger partial charge on any atom is -0.363 e. The molecule has 31 heavy (non-hydrogen) atoms. The number of anilines is 1. The number of hydrogen-bond donors (Lipinski definition) is 1. The van der Waals surface area contributed by atoms with Crippen molar-refractivity contribution in [2.45, 2.75) is 37.6 Å². The fourth-order valence-corrected chi connectivity index (χ4v) is 5.04. The van der Waals surface area contributed by atoms with E-state index in [1.807, 2.05) is 55.5 Å². The molecular weight excluding hydrogens is 386 g/mol. The molecule has 6 heteroatoms. The summed E-state index contributed by atoms with van der Waals surface area (Å²) >= 11 is 0. The summed E-state index contributed by atoms with van der Waals surface area (Å²) in [6.07, 6.45) is 5.95. The van der Waals surface area contributed by atoms with Crippen LogP contribution in [0, 0.1) is 0 Å². The van der Waals surface area contributed by atoms with Crippen molar-refractivity contribution in [3.8, 4) is 11.4 Å². The number of H-pyrrole nitrogens is 1. The van der Waals surface area contributed by atoms with Crippen LogP contribution in [0.15, 0.2) is 53.5 Å². The van der Waals surface area contributed by atoms with E-state index in [-0.39, 0.29) is 11.0 Å². The molecule has 1 N–H and O–H groups in total. The van der Waals surface area contributed by atoms with E-state index in [4.69, 9.17) is 4.98 Å². The van der Waals surface area contributed by atoms with Gasteiger partial charge < -0.3 is 9.88 Å². The van der Waals surface area contributed by atoms with Crippen molar-refractivity contribution in [3.63, 3.8) is 0 Å². The maximum atomic E-state index is 12.8. The second-order valence-electron chi connectivity index (χ2n) is 9.08. The fraction of sp³-hybridized carbons (Fsp3) is 0.400. The third-order valence-corrected chi connectivity index (χ3v) is 6.91. The van der Waals surface area contributed by atoms with E-state index in [0.29, 0.717) is 5.82 Å². The quantitative estimate of drug-likeness (QED) is 0.708. The van der Waals surface area contributed by atoms with Gasteiger partial charge in [-0.2, -0.15) is 0 Å². The topological polar surface area (TPSA) is 65.1 Å². The molecule has 1 aromatic carbocycles. The molecule has 1 fully saturated rings. The lowest BCUT2D eigenvalue weighted by molar-refractivity contribution is 0.150. The van der Waals surface area contributed by atoms with Crippen molar-refractivity contribution in [3.05, 3.63) is 75.8 Å². The second kappa shape index (κ2) is 7.93. The molecule has 0 atom stereocenters. The number of fused-ring (bicyclic) bond motifs is 2. The molecule has 1 aliphatic heterocycles. The first-order chi connectivity index (χ1) is 15.0. The van der Waals surface area contributed by atoms with E-state index in [1.165, 1.54) is 5.56 Å². The van der Waals surface area contributed by atoms with Crippen LogP contribution in [0.3, 0.4) is 0 Å². The average molecular weight is 416 g/mol. The molecular formula is C25H29N5O. The Balaban J connectivity index is 1.34. The van der Waals surface area contributed by atoms with Crippen molar-refractivity contribution >= 4 is 5.82 Å². The summed E-state index contributed by atoms with van der Waals surface area (Å²) in [5, 5.41) is 0. The van der Waals surface area contributed by atoms with Gasteiger partial charge >= 0.3 is 0 Å². The Morgan fingerprint density at radius 3 is 2.52 bits per heavy atom. The molecule has 3 heterocycles. The number of hydrogen-bond acceptors (Lipinski definition) is 5. The van der Waals surface area contributed by atoms with Gasteiger partial charge in [0.05, 0.1) is 5.69 Å². The Hall–Kier alpha value is -2.99. The van der Waals surface area contributed by atoms with Gasteiger partial charge in [0.25, 0.3) is 5.56 Å². The minimum absolute atomic E-state index is 0.0372. The van der Waals surface area contributed by atoms with E-state index in [1.54, 1.807) is 0 Å². The Labute approximate surface area is 183 Å². The predicted molar refractivity (Wildman–Crippen MR) is 123 cm³/mol. The van der Waals surface area contributed by atoms with Gasteiger partial charge in [-0.05, 0) is 50.4 Å². The summed E-state index contributed by atoms with van der Waals surface area (Å²) in [5.74, 6) is 1.68. The molecule has 160 valence electrons. The van der Waals surface area contributed by atoms with Crippen LogP contribution in [0.4, 0.5) is 5.82 Å². The van der Waals surface area contributed by atoms with Crippen molar-refractivity contribution in [2.24, 2.45) is 0 Å². The lowest BCUT2D eigenvalue weighted by atomic mass is 9.76. The molecule has 3 aromatic rings.